The standard InChI is InChI=1S/C10H15BrN2S/c1-12-10-13-8(9(11)14-10)6-7-4-2-3-5-7/h7H,2-6H2,1H3,(H,12,13). The van der Waals surface area contributed by atoms with Crippen LogP contribution in [0.3, 0.4) is 0 Å². The Hall–Kier alpha value is -0.0900. The molecule has 4 heteroatoms. The molecule has 1 heterocycles. The van der Waals surface area contributed by atoms with Crippen molar-refractivity contribution in [3.63, 3.8) is 0 Å². The lowest BCUT2D eigenvalue weighted by atomic mass is 10.0. The van der Waals surface area contributed by atoms with Crippen LogP contribution in [-0.4, -0.2) is 12.0 Å². The summed E-state index contributed by atoms with van der Waals surface area (Å²) in [7, 11) is 1.92. The zero-order valence-corrected chi connectivity index (χ0v) is 10.7. The molecule has 0 spiro atoms. The van der Waals surface area contributed by atoms with Crippen LogP contribution in [0.2, 0.25) is 0 Å². The molecule has 0 aliphatic heterocycles. The van der Waals surface area contributed by atoms with Crippen molar-refractivity contribution < 1.29 is 0 Å². The highest BCUT2D eigenvalue weighted by Crippen LogP contribution is 2.34. The minimum absolute atomic E-state index is 0.873. The number of nitrogens with one attached hydrogen (secondary N) is 1. The van der Waals surface area contributed by atoms with Gasteiger partial charge in [-0.3, -0.25) is 0 Å². The Balaban J connectivity index is 2.03. The fourth-order valence-corrected chi connectivity index (χ4v) is 3.44. The van der Waals surface area contributed by atoms with Crippen LogP contribution >= 0.6 is 27.3 Å². The van der Waals surface area contributed by atoms with E-state index in [1.807, 2.05) is 7.05 Å². The van der Waals surface area contributed by atoms with Crippen LogP contribution in [0.4, 0.5) is 5.13 Å². The van der Waals surface area contributed by atoms with Gasteiger partial charge in [-0.15, -0.1) is 0 Å². The van der Waals surface area contributed by atoms with Crippen molar-refractivity contribution in [3.05, 3.63) is 9.48 Å². The van der Waals surface area contributed by atoms with Crippen molar-refractivity contribution in [1.82, 2.24) is 4.98 Å². The maximum absolute atomic E-state index is 4.55. The Morgan fingerprint density at radius 3 is 2.79 bits per heavy atom. The van der Waals surface area contributed by atoms with E-state index in [4.69, 9.17) is 0 Å². The van der Waals surface area contributed by atoms with Crippen LogP contribution in [0.5, 0.6) is 0 Å². The third kappa shape index (κ3) is 2.28. The van der Waals surface area contributed by atoms with Crippen LogP contribution in [0.1, 0.15) is 31.4 Å². The maximum Gasteiger partial charge on any atom is 0.183 e. The molecule has 14 heavy (non-hydrogen) atoms. The quantitative estimate of drug-likeness (QED) is 0.910. The number of hydrogen-bond acceptors (Lipinski definition) is 3. The molecular formula is C10H15BrN2S. The highest BCUT2D eigenvalue weighted by molar-refractivity contribution is 9.11. The molecule has 0 bridgehead atoms. The van der Waals surface area contributed by atoms with Crippen LogP contribution < -0.4 is 5.32 Å². The molecule has 1 saturated carbocycles. The molecule has 1 aliphatic rings. The summed E-state index contributed by atoms with van der Waals surface area (Å²) in [6, 6.07) is 0. The topological polar surface area (TPSA) is 24.9 Å². The van der Waals surface area contributed by atoms with Crippen molar-refractivity contribution in [2.24, 2.45) is 5.92 Å². The molecule has 0 unspecified atom stereocenters. The van der Waals surface area contributed by atoms with E-state index in [1.165, 1.54) is 35.2 Å². The zero-order valence-electron chi connectivity index (χ0n) is 8.35. The van der Waals surface area contributed by atoms with Crippen LogP contribution in [-0.2, 0) is 6.42 Å². The van der Waals surface area contributed by atoms with Gasteiger partial charge in [-0.2, -0.15) is 0 Å². The van der Waals surface area contributed by atoms with E-state index < -0.39 is 0 Å². The minimum Gasteiger partial charge on any atom is -0.365 e. The molecule has 1 aromatic heterocycles. The minimum atomic E-state index is 0.873. The highest BCUT2D eigenvalue weighted by Gasteiger charge is 2.18. The van der Waals surface area contributed by atoms with Gasteiger partial charge >= 0.3 is 0 Å². The Bertz CT molecular complexity index is 305. The molecule has 1 aromatic rings. The van der Waals surface area contributed by atoms with Gasteiger partial charge in [0.05, 0.1) is 9.48 Å². The molecule has 2 nitrogen and oxygen atoms in total. The van der Waals surface area contributed by atoms with E-state index in [2.05, 4.69) is 26.2 Å². The fourth-order valence-electron chi connectivity index (χ4n) is 2.05. The van der Waals surface area contributed by atoms with E-state index >= 15 is 0 Å². The molecular weight excluding hydrogens is 260 g/mol. The van der Waals surface area contributed by atoms with Gasteiger partial charge in [-0.05, 0) is 28.3 Å². The average molecular weight is 275 g/mol. The van der Waals surface area contributed by atoms with Crippen LogP contribution in [0.15, 0.2) is 3.79 Å². The Labute approximate surface area is 97.3 Å². The number of nitrogens with zero attached hydrogens (tertiary/aromatic N) is 1. The normalized spacial score (nSPS) is 17.6. The molecule has 1 aliphatic carbocycles. The fraction of sp³-hybridized carbons (Fsp3) is 0.700. The highest BCUT2D eigenvalue weighted by atomic mass is 79.9. The average Bonchev–Trinajstić information content (AvgIpc) is 2.78. The van der Waals surface area contributed by atoms with Gasteiger partial charge in [-0.1, -0.05) is 37.0 Å². The first-order valence-corrected chi connectivity index (χ1v) is 6.73. The summed E-state index contributed by atoms with van der Waals surface area (Å²) < 4.78 is 1.20. The largest absolute Gasteiger partial charge is 0.365 e. The second-order valence-corrected chi connectivity index (χ2v) is 6.16. The monoisotopic (exact) mass is 274 g/mol. The van der Waals surface area contributed by atoms with Gasteiger partial charge in [0.2, 0.25) is 0 Å². The lowest BCUT2D eigenvalue weighted by Gasteiger charge is -2.05. The first-order chi connectivity index (χ1) is 6.79. The number of aromatic nitrogens is 1. The summed E-state index contributed by atoms with van der Waals surface area (Å²) in [5, 5.41) is 4.11. The van der Waals surface area contributed by atoms with E-state index in [9.17, 15) is 0 Å². The molecule has 1 N–H and O–H groups in total. The molecule has 0 radical (unpaired) electrons. The van der Waals surface area contributed by atoms with E-state index in [1.54, 1.807) is 11.3 Å². The first-order valence-electron chi connectivity index (χ1n) is 5.12. The van der Waals surface area contributed by atoms with Crippen molar-refractivity contribution >= 4 is 32.4 Å². The Morgan fingerprint density at radius 1 is 1.50 bits per heavy atom. The summed E-state index contributed by atoms with van der Waals surface area (Å²) >= 11 is 5.27. The molecule has 78 valence electrons. The smallest absolute Gasteiger partial charge is 0.183 e. The van der Waals surface area contributed by atoms with Crippen molar-refractivity contribution in [2.45, 2.75) is 32.1 Å². The van der Waals surface area contributed by atoms with Crippen molar-refractivity contribution in [1.29, 1.82) is 0 Å². The molecule has 0 aromatic carbocycles. The third-order valence-electron chi connectivity index (χ3n) is 2.82. The summed E-state index contributed by atoms with van der Waals surface area (Å²) in [6.45, 7) is 0. The molecule has 0 saturated heterocycles. The first kappa shape index (κ1) is 10.4. The molecule has 2 rings (SSSR count). The summed E-state index contributed by atoms with van der Waals surface area (Å²) in [5.41, 5.74) is 1.24. The SMILES string of the molecule is CNc1nc(CC2CCCC2)c(Br)s1. The summed E-state index contributed by atoms with van der Waals surface area (Å²) in [4.78, 5) is 4.55. The number of rotatable bonds is 3. The van der Waals surface area contributed by atoms with Crippen LogP contribution in [0.25, 0.3) is 0 Å². The lowest BCUT2D eigenvalue weighted by molar-refractivity contribution is 0.540. The van der Waals surface area contributed by atoms with E-state index in [0.717, 1.165) is 17.5 Å². The van der Waals surface area contributed by atoms with Crippen molar-refractivity contribution in [2.75, 3.05) is 12.4 Å². The predicted octanol–water partition coefficient (Wildman–Crippen LogP) is 3.68. The van der Waals surface area contributed by atoms with Gasteiger partial charge in [0.15, 0.2) is 5.13 Å². The predicted molar refractivity (Wildman–Crippen MR) is 65.0 cm³/mol. The number of thiazole rings is 1. The van der Waals surface area contributed by atoms with Gasteiger partial charge in [-0.25, -0.2) is 4.98 Å². The van der Waals surface area contributed by atoms with Crippen molar-refractivity contribution in [3.8, 4) is 0 Å². The second kappa shape index (κ2) is 4.62. The van der Waals surface area contributed by atoms with Gasteiger partial charge in [0, 0.05) is 7.05 Å². The Kier molecular flexibility index (Phi) is 3.44. The molecule has 0 atom stereocenters. The van der Waals surface area contributed by atoms with Gasteiger partial charge < -0.3 is 5.32 Å². The lowest BCUT2D eigenvalue weighted by Crippen LogP contribution is -1.99. The van der Waals surface area contributed by atoms with Crippen LogP contribution in [0, 0.1) is 5.92 Å². The maximum atomic E-state index is 4.55. The number of hydrogen-bond donors (Lipinski definition) is 1. The molecule has 0 amide bonds. The van der Waals surface area contributed by atoms with Gasteiger partial charge in [0.1, 0.15) is 0 Å². The van der Waals surface area contributed by atoms with E-state index in [-0.39, 0.29) is 0 Å². The molecule has 1 fully saturated rings. The Morgan fingerprint density at radius 2 is 2.21 bits per heavy atom. The van der Waals surface area contributed by atoms with Gasteiger partial charge in [0.25, 0.3) is 0 Å². The number of halogens is 1. The second-order valence-electron chi connectivity index (χ2n) is 3.84. The summed E-state index contributed by atoms with van der Waals surface area (Å²) in [5.74, 6) is 0.873. The summed E-state index contributed by atoms with van der Waals surface area (Å²) in [6.07, 6.45) is 6.74. The van der Waals surface area contributed by atoms with E-state index in [0.29, 0.717) is 0 Å². The zero-order chi connectivity index (χ0) is 9.97. The third-order valence-corrected chi connectivity index (χ3v) is 4.67. The number of anilines is 1.